The lowest BCUT2D eigenvalue weighted by atomic mass is 10.2. The molecule has 13 heavy (non-hydrogen) atoms. The van der Waals surface area contributed by atoms with Crippen LogP contribution in [0.15, 0.2) is 30.3 Å². The molecule has 0 bridgehead atoms. The van der Waals surface area contributed by atoms with Crippen LogP contribution in [0.3, 0.4) is 0 Å². The van der Waals surface area contributed by atoms with E-state index in [1.54, 1.807) is 24.3 Å². The molecule has 0 aromatic heterocycles. The highest BCUT2D eigenvalue weighted by molar-refractivity contribution is 7.86. The average Bonchev–Trinajstić information content (AvgIpc) is 2.04. The first-order chi connectivity index (χ1) is 6.00. The molecule has 0 fully saturated rings. The third-order valence-corrected chi connectivity index (χ3v) is 2.29. The quantitative estimate of drug-likeness (QED) is 0.513. The van der Waals surface area contributed by atoms with Crippen LogP contribution in [0.25, 0.3) is 0 Å². The van der Waals surface area contributed by atoms with Gasteiger partial charge in [0, 0.05) is 0 Å². The molecule has 1 rings (SSSR count). The van der Waals surface area contributed by atoms with E-state index < -0.39 is 10.2 Å². The fraction of sp³-hybridized carbons (Fsp3) is 0.143. The van der Waals surface area contributed by atoms with Crippen molar-refractivity contribution < 1.29 is 8.42 Å². The van der Waals surface area contributed by atoms with E-state index in [1.807, 2.05) is 6.07 Å². The molecule has 0 spiro atoms. The zero-order chi connectivity index (χ0) is 9.90. The van der Waals surface area contributed by atoms with Crippen LogP contribution in [-0.2, 0) is 16.8 Å². The smallest absolute Gasteiger partial charge is 0.254 e. The molecule has 72 valence electrons. The number of nitrogens with two attached hydrogens (primary N) is 2. The minimum Gasteiger partial charge on any atom is -0.254 e. The maximum absolute atomic E-state index is 10.7. The van der Waals surface area contributed by atoms with E-state index >= 15 is 0 Å². The Morgan fingerprint density at radius 1 is 1.23 bits per heavy atom. The van der Waals surface area contributed by atoms with Gasteiger partial charge in [0.05, 0.1) is 6.54 Å². The Bertz CT molecular complexity index is 363. The van der Waals surface area contributed by atoms with Crippen LogP contribution in [-0.4, -0.2) is 12.8 Å². The second-order valence-electron chi connectivity index (χ2n) is 2.58. The zero-order valence-corrected chi connectivity index (χ0v) is 7.74. The van der Waals surface area contributed by atoms with Gasteiger partial charge in [-0.15, -0.1) is 4.41 Å². The lowest BCUT2D eigenvalue weighted by Crippen LogP contribution is -2.41. The Labute approximate surface area is 77.1 Å². The fourth-order valence-electron chi connectivity index (χ4n) is 0.853. The topological polar surface area (TPSA) is 89.4 Å². The largest absolute Gasteiger partial charge is 0.289 e. The summed E-state index contributed by atoms with van der Waals surface area (Å²) in [6, 6.07) is 8.97. The van der Waals surface area contributed by atoms with Crippen molar-refractivity contribution in [2.75, 3.05) is 0 Å². The van der Waals surface area contributed by atoms with Gasteiger partial charge in [0.15, 0.2) is 0 Å². The van der Waals surface area contributed by atoms with Gasteiger partial charge in [0.2, 0.25) is 0 Å². The fourth-order valence-corrected chi connectivity index (χ4v) is 1.18. The molecule has 1 aromatic rings. The summed E-state index contributed by atoms with van der Waals surface area (Å²) < 4.78 is 22.0. The highest BCUT2D eigenvalue weighted by Crippen LogP contribution is 2.02. The lowest BCUT2D eigenvalue weighted by Gasteiger charge is -2.12. The molecular weight excluding hydrogens is 190 g/mol. The highest BCUT2D eigenvalue weighted by atomic mass is 32.2. The lowest BCUT2D eigenvalue weighted by molar-refractivity contribution is 0.423. The van der Waals surface area contributed by atoms with E-state index in [1.165, 1.54) is 0 Å². The summed E-state index contributed by atoms with van der Waals surface area (Å²) in [4.78, 5) is 0. The molecule has 1 aromatic carbocycles. The normalized spacial score (nSPS) is 11.9. The standard InChI is InChI=1S/C7H11N3O2S/c8-10(13(9,11)12)6-7-4-2-1-3-5-7/h1-5H,6,8H2,(H2,9,11,12). The van der Waals surface area contributed by atoms with Crippen LogP contribution < -0.4 is 11.0 Å². The van der Waals surface area contributed by atoms with Gasteiger partial charge in [-0.05, 0) is 5.56 Å². The van der Waals surface area contributed by atoms with E-state index in [0.29, 0.717) is 4.41 Å². The molecule has 0 aliphatic carbocycles. The Morgan fingerprint density at radius 3 is 2.23 bits per heavy atom. The highest BCUT2D eigenvalue weighted by Gasteiger charge is 2.11. The summed E-state index contributed by atoms with van der Waals surface area (Å²) in [6.45, 7) is 0.0830. The van der Waals surface area contributed by atoms with Crippen molar-refractivity contribution >= 4 is 10.2 Å². The molecule has 0 amide bonds. The summed E-state index contributed by atoms with van der Waals surface area (Å²) in [5, 5.41) is 4.80. The summed E-state index contributed by atoms with van der Waals surface area (Å²) in [5.74, 6) is 5.20. The van der Waals surface area contributed by atoms with Crippen LogP contribution in [0.2, 0.25) is 0 Å². The molecule has 0 heterocycles. The summed E-state index contributed by atoms with van der Waals surface area (Å²) in [5.41, 5.74) is 0.791. The van der Waals surface area contributed by atoms with Crippen molar-refractivity contribution in [1.82, 2.24) is 4.41 Å². The van der Waals surface area contributed by atoms with Crippen LogP contribution in [0.4, 0.5) is 0 Å². The molecule has 5 nitrogen and oxygen atoms in total. The van der Waals surface area contributed by atoms with Gasteiger partial charge >= 0.3 is 0 Å². The monoisotopic (exact) mass is 201 g/mol. The molecule has 0 aliphatic heterocycles. The van der Waals surface area contributed by atoms with E-state index in [0.717, 1.165) is 5.56 Å². The number of hydrogen-bond donors (Lipinski definition) is 2. The zero-order valence-electron chi connectivity index (χ0n) is 6.92. The molecule has 0 atom stereocenters. The Morgan fingerprint density at radius 2 is 1.77 bits per heavy atom. The third-order valence-electron chi connectivity index (χ3n) is 1.51. The van der Waals surface area contributed by atoms with E-state index in [4.69, 9.17) is 11.0 Å². The number of rotatable bonds is 3. The number of hydrazine groups is 1. The maximum atomic E-state index is 10.7. The summed E-state index contributed by atoms with van der Waals surface area (Å²) >= 11 is 0. The Kier molecular flexibility index (Phi) is 2.99. The van der Waals surface area contributed by atoms with Gasteiger partial charge in [-0.25, -0.2) is 5.14 Å². The maximum Gasteiger partial charge on any atom is 0.289 e. The van der Waals surface area contributed by atoms with Crippen molar-refractivity contribution in [2.45, 2.75) is 6.54 Å². The molecule has 4 N–H and O–H groups in total. The second kappa shape index (κ2) is 3.84. The van der Waals surface area contributed by atoms with Gasteiger partial charge in [-0.1, -0.05) is 30.3 Å². The number of hydrogen-bond acceptors (Lipinski definition) is 3. The van der Waals surface area contributed by atoms with Crippen LogP contribution in [0.1, 0.15) is 5.56 Å². The predicted molar refractivity (Wildman–Crippen MR) is 49.3 cm³/mol. The number of nitrogens with zero attached hydrogens (tertiary/aromatic N) is 1. The van der Waals surface area contributed by atoms with Gasteiger partial charge in [0.1, 0.15) is 0 Å². The molecular formula is C7H11N3O2S. The Balaban J connectivity index is 2.72. The summed E-state index contributed by atoms with van der Waals surface area (Å²) in [7, 11) is -3.79. The van der Waals surface area contributed by atoms with Gasteiger partial charge in [-0.2, -0.15) is 8.42 Å². The first kappa shape index (κ1) is 10.1. The molecule has 0 saturated heterocycles. The minimum atomic E-state index is -3.79. The van der Waals surface area contributed by atoms with Gasteiger partial charge < -0.3 is 0 Å². The van der Waals surface area contributed by atoms with Crippen molar-refractivity contribution in [3.8, 4) is 0 Å². The van der Waals surface area contributed by atoms with E-state index in [-0.39, 0.29) is 6.54 Å². The van der Waals surface area contributed by atoms with Crippen molar-refractivity contribution in [3.63, 3.8) is 0 Å². The molecule has 6 heteroatoms. The van der Waals surface area contributed by atoms with Gasteiger partial charge in [-0.3, -0.25) is 5.84 Å². The average molecular weight is 201 g/mol. The summed E-state index contributed by atoms with van der Waals surface area (Å²) in [6.07, 6.45) is 0. The SMILES string of the molecule is NN(Cc1ccccc1)S(N)(=O)=O. The van der Waals surface area contributed by atoms with Crippen LogP contribution in [0.5, 0.6) is 0 Å². The molecule has 0 saturated carbocycles. The van der Waals surface area contributed by atoms with Crippen LogP contribution >= 0.6 is 0 Å². The minimum absolute atomic E-state index is 0.0830. The van der Waals surface area contributed by atoms with Crippen molar-refractivity contribution in [3.05, 3.63) is 35.9 Å². The Hall–Kier alpha value is -0.950. The first-order valence-electron chi connectivity index (χ1n) is 3.59. The van der Waals surface area contributed by atoms with Gasteiger partial charge in [0.25, 0.3) is 10.2 Å². The molecule has 0 unspecified atom stereocenters. The second-order valence-corrected chi connectivity index (χ2v) is 4.07. The predicted octanol–water partition coefficient (Wildman–Crippen LogP) is -0.434. The van der Waals surface area contributed by atoms with E-state index in [9.17, 15) is 8.42 Å². The number of benzene rings is 1. The van der Waals surface area contributed by atoms with Crippen molar-refractivity contribution in [1.29, 1.82) is 0 Å². The van der Waals surface area contributed by atoms with Crippen LogP contribution in [0, 0.1) is 0 Å². The first-order valence-corrected chi connectivity index (χ1v) is 5.09. The van der Waals surface area contributed by atoms with Crippen molar-refractivity contribution in [2.24, 2.45) is 11.0 Å². The molecule has 0 aliphatic rings. The third kappa shape index (κ3) is 3.11. The molecule has 0 radical (unpaired) electrons. The van der Waals surface area contributed by atoms with E-state index in [2.05, 4.69) is 0 Å².